The van der Waals surface area contributed by atoms with Gasteiger partial charge < -0.3 is 29.7 Å². The van der Waals surface area contributed by atoms with E-state index in [1.165, 1.54) is 7.11 Å². The summed E-state index contributed by atoms with van der Waals surface area (Å²) in [6, 6.07) is 6.44. The van der Waals surface area contributed by atoms with E-state index in [0.29, 0.717) is 24.3 Å². The number of carboxylic acids is 1. The van der Waals surface area contributed by atoms with Crippen LogP contribution >= 0.6 is 0 Å². The third kappa shape index (κ3) is 5.47. The third-order valence-corrected chi connectivity index (χ3v) is 4.78. The SMILES string of the molecule is CCOC(=O)[C@@](Cc1ccc(N2CCCNC2=O)cc1)(OC[C@H](CO)OC)C(=O)O. The lowest BCUT2D eigenvalue weighted by atomic mass is 9.93. The quantitative estimate of drug-likeness (QED) is 0.346. The monoisotopic (exact) mass is 424 g/mol. The van der Waals surface area contributed by atoms with Gasteiger partial charge in [0, 0.05) is 32.3 Å². The Hall–Kier alpha value is -2.69. The van der Waals surface area contributed by atoms with Crippen molar-refractivity contribution in [3.63, 3.8) is 0 Å². The number of aliphatic carboxylic acids is 1. The molecule has 1 aromatic carbocycles. The zero-order valence-electron chi connectivity index (χ0n) is 17.1. The molecule has 2 atom stereocenters. The van der Waals surface area contributed by atoms with Crippen molar-refractivity contribution >= 4 is 23.7 Å². The molecule has 10 nitrogen and oxygen atoms in total. The van der Waals surface area contributed by atoms with Gasteiger partial charge in [0.25, 0.3) is 5.60 Å². The van der Waals surface area contributed by atoms with Crippen molar-refractivity contribution in [3.8, 4) is 0 Å². The largest absolute Gasteiger partial charge is 0.479 e. The Balaban J connectivity index is 2.26. The van der Waals surface area contributed by atoms with Crippen molar-refractivity contribution in [2.75, 3.05) is 44.9 Å². The molecule has 0 unspecified atom stereocenters. The average molecular weight is 424 g/mol. The summed E-state index contributed by atoms with van der Waals surface area (Å²) in [6.45, 7) is 2.03. The molecule has 166 valence electrons. The van der Waals surface area contributed by atoms with Crippen LogP contribution in [0.5, 0.6) is 0 Å². The minimum atomic E-state index is -2.30. The van der Waals surface area contributed by atoms with Crippen molar-refractivity contribution in [2.45, 2.75) is 31.5 Å². The Kier molecular flexibility index (Phi) is 8.58. The number of amides is 2. The number of rotatable bonds is 11. The van der Waals surface area contributed by atoms with Crippen LogP contribution in [-0.2, 0) is 30.2 Å². The Bertz CT molecular complexity index is 735. The second-order valence-corrected chi connectivity index (χ2v) is 6.78. The third-order valence-electron chi connectivity index (χ3n) is 4.78. The number of aliphatic hydroxyl groups is 1. The molecule has 3 N–H and O–H groups in total. The van der Waals surface area contributed by atoms with Gasteiger partial charge in [-0.2, -0.15) is 0 Å². The zero-order chi connectivity index (χ0) is 22.1. The second-order valence-electron chi connectivity index (χ2n) is 6.78. The first-order chi connectivity index (χ1) is 14.4. The lowest BCUT2D eigenvalue weighted by Crippen LogP contribution is -2.53. The number of hydrogen-bond acceptors (Lipinski definition) is 7. The summed E-state index contributed by atoms with van der Waals surface area (Å²) in [5.74, 6) is -2.54. The van der Waals surface area contributed by atoms with Gasteiger partial charge in [-0.05, 0) is 31.0 Å². The number of esters is 1. The van der Waals surface area contributed by atoms with Crippen molar-refractivity contribution in [3.05, 3.63) is 29.8 Å². The van der Waals surface area contributed by atoms with Crippen LogP contribution in [-0.4, -0.2) is 79.9 Å². The molecule has 1 aromatic rings. The van der Waals surface area contributed by atoms with Crippen LogP contribution in [0.1, 0.15) is 18.9 Å². The van der Waals surface area contributed by atoms with Crippen LogP contribution in [0.3, 0.4) is 0 Å². The normalized spacial score (nSPS) is 17.0. The molecule has 10 heteroatoms. The van der Waals surface area contributed by atoms with E-state index in [-0.39, 0.29) is 25.7 Å². The Labute approximate surface area is 174 Å². The molecule has 0 aromatic heterocycles. The summed E-state index contributed by atoms with van der Waals surface area (Å²) in [7, 11) is 1.34. The number of urea groups is 1. The number of benzene rings is 1. The van der Waals surface area contributed by atoms with Crippen molar-refractivity contribution in [1.82, 2.24) is 5.32 Å². The molecule has 1 aliphatic rings. The molecule has 1 saturated heterocycles. The smallest absolute Gasteiger partial charge is 0.350 e. The molecule has 0 spiro atoms. The predicted octanol–water partition coefficient (Wildman–Crippen LogP) is 0.559. The molecular weight excluding hydrogens is 396 g/mol. The number of carbonyl (C=O) groups excluding carboxylic acids is 2. The van der Waals surface area contributed by atoms with Crippen molar-refractivity contribution in [1.29, 1.82) is 0 Å². The number of methoxy groups -OCH3 is 1. The zero-order valence-corrected chi connectivity index (χ0v) is 17.1. The first-order valence-electron chi connectivity index (χ1n) is 9.70. The van der Waals surface area contributed by atoms with Crippen LogP contribution in [0.4, 0.5) is 10.5 Å². The standard InChI is InChI=1S/C20H28N2O8/c1-3-29-18(26)20(17(24)25,30-13-16(12-23)28-2)11-14-5-7-15(8-6-14)22-10-4-9-21-19(22)27/h5-8,16,23H,3-4,9-13H2,1-2H3,(H,21,27)(H,24,25)/t16-,20-/m0/s1. The van der Waals surface area contributed by atoms with E-state index in [2.05, 4.69) is 5.32 Å². The van der Waals surface area contributed by atoms with E-state index in [4.69, 9.17) is 14.2 Å². The van der Waals surface area contributed by atoms with Gasteiger partial charge in [0.15, 0.2) is 0 Å². The van der Waals surface area contributed by atoms with Crippen LogP contribution in [0.2, 0.25) is 0 Å². The molecule has 1 fully saturated rings. The maximum atomic E-state index is 12.6. The summed E-state index contributed by atoms with van der Waals surface area (Å²) >= 11 is 0. The molecule has 30 heavy (non-hydrogen) atoms. The lowest BCUT2D eigenvalue weighted by molar-refractivity contribution is -0.192. The fraction of sp³-hybridized carbons (Fsp3) is 0.550. The lowest BCUT2D eigenvalue weighted by Gasteiger charge is -2.29. The number of aliphatic hydroxyl groups excluding tert-OH is 1. The fourth-order valence-corrected chi connectivity index (χ4v) is 3.04. The maximum absolute atomic E-state index is 12.6. The topological polar surface area (TPSA) is 135 Å². The van der Waals surface area contributed by atoms with Gasteiger partial charge in [-0.3, -0.25) is 4.90 Å². The van der Waals surface area contributed by atoms with Gasteiger partial charge in [-0.15, -0.1) is 0 Å². The van der Waals surface area contributed by atoms with Crippen LogP contribution < -0.4 is 10.2 Å². The number of hydrogen-bond donors (Lipinski definition) is 3. The molecule has 2 rings (SSSR count). The highest BCUT2D eigenvalue weighted by Gasteiger charge is 2.50. The highest BCUT2D eigenvalue weighted by molar-refractivity contribution is 6.03. The molecule has 0 aliphatic carbocycles. The molecule has 0 saturated carbocycles. The highest BCUT2D eigenvalue weighted by Crippen LogP contribution is 2.24. The van der Waals surface area contributed by atoms with Gasteiger partial charge in [0.1, 0.15) is 6.10 Å². The number of anilines is 1. The van der Waals surface area contributed by atoms with E-state index >= 15 is 0 Å². The summed E-state index contributed by atoms with van der Waals surface area (Å²) in [6.07, 6.45) is -0.272. The Morgan fingerprint density at radius 3 is 2.53 bits per heavy atom. The Morgan fingerprint density at radius 2 is 2.00 bits per heavy atom. The van der Waals surface area contributed by atoms with Gasteiger partial charge >= 0.3 is 18.0 Å². The minimum Gasteiger partial charge on any atom is -0.479 e. The van der Waals surface area contributed by atoms with E-state index in [1.807, 2.05) is 0 Å². The summed E-state index contributed by atoms with van der Waals surface area (Å²) in [5.41, 5.74) is -1.13. The van der Waals surface area contributed by atoms with E-state index in [0.717, 1.165) is 6.42 Å². The number of ether oxygens (including phenoxy) is 3. The van der Waals surface area contributed by atoms with Gasteiger partial charge in [0.05, 0.1) is 19.8 Å². The van der Waals surface area contributed by atoms with E-state index in [1.54, 1.807) is 36.1 Å². The summed E-state index contributed by atoms with van der Waals surface area (Å²) < 4.78 is 15.4. The summed E-state index contributed by atoms with van der Waals surface area (Å²) in [5, 5.41) is 21.9. The fourth-order valence-electron chi connectivity index (χ4n) is 3.04. The maximum Gasteiger partial charge on any atom is 0.350 e. The van der Waals surface area contributed by atoms with Gasteiger partial charge in [-0.25, -0.2) is 14.4 Å². The molecular formula is C20H28N2O8. The Morgan fingerprint density at radius 1 is 1.30 bits per heavy atom. The van der Waals surface area contributed by atoms with E-state index in [9.17, 15) is 24.6 Å². The molecule has 0 radical (unpaired) electrons. The number of carbonyl (C=O) groups is 3. The van der Waals surface area contributed by atoms with Gasteiger partial charge in [0.2, 0.25) is 0 Å². The minimum absolute atomic E-state index is 0.0199. The number of nitrogens with one attached hydrogen (secondary N) is 1. The van der Waals surface area contributed by atoms with Crippen LogP contribution in [0.15, 0.2) is 24.3 Å². The predicted molar refractivity (Wildman–Crippen MR) is 106 cm³/mol. The number of nitrogens with zero attached hydrogens (tertiary/aromatic N) is 1. The molecule has 1 heterocycles. The first-order valence-corrected chi connectivity index (χ1v) is 9.70. The first kappa shape index (κ1) is 23.6. The molecule has 0 bridgehead atoms. The summed E-state index contributed by atoms with van der Waals surface area (Å²) in [4.78, 5) is 38.2. The second kappa shape index (κ2) is 10.9. The van der Waals surface area contributed by atoms with Crippen molar-refractivity contribution in [2.24, 2.45) is 0 Å². The van der Waals surface area contributed by atoms with E-state index < -0.39 is 30.3 Å². The van der Waals surface area contributed by atoms with Crippen LogP contribution in [0, 0.1) is 0 Å². The molecule has 1 aliphatic heterocycles. The van der Waals surface area contributed by atoms with Gasteiger partial charge in [-0.1, -0.05) is 12.1 Å². The van der Waals surface area contributed by atoms with Crippen molar-refractivity contribution < 1.29 is 38.8 Å². The van der Waals surface area contributed by atoms with Crippen LogP contribution in [0.25, 0.3) is 0 Å². The molecule has 2 amide bonds. The highest BCUT2D eigenvalue weighted by atomic mass is 16.6. The number of carboxylic acid groups (broad SMARTS) is 1. The average Bonchev–Trinajstić information content (AvgIpc) is 2.74.